The van der Waals surface area contributed by atoms with Gasteiger partial charge in [-0.3, -0.25) is 9.79 Å². The zero-order valence-corrected chi connectivity index (χ0v) is 14.7. The third-order valence-corrected chi connectivity index (χ3v) is 4.98. The number of carbonyl (C=O) groups excluding carboxylic acids is 1. The van der Waals surface area contributed by atoms with Crippen LogP contribution in [0.25, 0.3) is 0 Å². The molecule has 0 aromatic heterocycles. The van der Waals surface area contributed by atoms with Crippen LogP contribution in [0.5, 0.6) is 0 Å². The molecule has 0 radical (unpaired) electrons. The van der Waals surface area contributed by atoms with Gasteiger partial charge >= 0.3 is 0 Å². The van der Waals surface area contributed by atoms with Crippen LogP contribution in [-0.4, -0.2) is 50.2 Å². The van der Waals surface area contributed by atoms with Crippen molar-refractivity contribution in [3.63, 3.8) is 0 Å². The highest BCUT2D eigenvalue weighted by Crippen LogP contribution is 2.32. The topological polar surface area (TPSA) is 47.9 Å². The van der Waals surface area contributed by atoms with Crippen molar-refractivity contribution in [3.8, 4) is 0 Å². The van der Waals surface area contributed by atoms with Crippen LogP contribution < -0.4 is 10.2 Å². The van der Waals surface area contributed by atoms with Gasteiger partial charge < -0.3 is 15.1 Å². The standard InChI is InChI=1S/C20H21FN4O/c1-24-8-10-25(11-9-24)16-5-3-15(4-6-16)22-13-18-17-12-14(21)2-7-19(17)23-20(18)26/h2-7,12-13,18H,8-11H2,1H3,(H,23,26). The maximum Gasteiger partial charge on any atom is 0.237 e. The molecule has 2 aliphatic heterocycles. The lowest BCUT2D eigenvalue weighted by molar-refractivity contribution is -0.115. The number of amides is 1. The van der Waals surface area contributed by atoms with Crippen LogP contribution in [0.15, 0.2) is 47.5 Å². The summed E-state index contributed by atoms with van der Waals surface area (Å²) >= 11 is 0. The summed E-state index contributed by atoms with van der Waals surface area (Å²) in [5, 5.41) is 2.76. The van der Waals surface area contributed by atoms with E-state index in [1.165, 1.54) is 17.8 Å². The molecule has 134 valence electrons. The van der Waals surface area contributed by atoms with E-state index in [0.717, 1.165) is 31.9 Å². The Balaban J connectivity index is 1.48. The maximum absolute atomic E-state index is 13.5. The molecule has 1 saturated heterocycles. The van der Waals surface area contributed by atoms with E-state index in [2.05, 4.69) is 39.3 Å². The molecule has 6 heteroatoms. The van der Waals surface area contributed by atoms with Gasteiger partial charge in [-0.2, -0.15) is 0 Å². The monoisotopic (exact) mass is 352 g/mol. The van der Waals surface area contributed by atoms with Crippen molar-refractivity contribution in [1.82, 2.24) is 4.90 Å². The van der Waals surface area contributed by atoms with E-state index in [9.17, 15) is 9.18 Å². The highest BCUT2D eigenvalue weighted by Gasteiger charge is 2.29. The van der Waals surface area contributed by atoms with E-state index >= 15 is 0 Å². The average molecular weight is 352 g/mol. The van der Waals surface area contributed by atoms with Gasteiger partial charge in [0, 0.05) is 43.8 Å². The van der Waals surface area contributed by atoms with E-state index in [4.69, 9.17) is 0 Å². The van der Waals surface area contributed by atoms with Crippen molar-refractivity contribution in [2.75, 3.05) is 43.4 Å². The van der Waals surface area contributed by atoms with Crippen molar-refractivity contribution in [2.24, 2.45) is 4.99 Å². The minimum atomic E-state index is -0.557. The van der Waals surface area contributed by atoms with Gasteiger partial charge in [0.15, 0.2) is 0 Å². The molecule has 2 aromatic carbocycles. The number of rotatable bonds is 3. The molecular formula is C20H21FN4O. The third-order valence-electron chi connectivity index (χ3n) is 4.98. The molecule has 0 bridgehead atoms. The normalized spacial score (nSPS) is 20.5. The summed E-state index contributed by atoms with van der Waals surface area (Å²) in [5.74, 6) is -1.09. The van der Waals surface area contributed by atoms with Gasteiger partial charge in [-0.05, 0) is 55.1 Å². The number of benzene rings is 2. The highest BCUT2D eigenvalue weighted by atomic mass is 19.1. The van der Waals surface area contributed by atoms with Gasteiger partial charge in [-0.25, -0.2) is 4.39 Å². The summed E-state index contributed by atoms with van der Waals surface area (Å²) in [5.41, 5.74) is 3.25. The Bertz CT molecular complexity index is 841. The number of carbonyl (C=O) groups is 1. The number of anilines is 2. The van der Waals surface area contributed by atoms with Gasteiger partial charge in [0.25, 0.3) is 0 Å². The second-order valence-corrected chi connectivity index (χ2v) is 6.78. The van der Waals surface area contributed by atoms with E-state index in [0.29, 0.717) is 11.3 Å². The summed E-state index contributed by atoms with van der Waals surface area (Å²) < 4.78 is 13.5. The van der Waals surface area contributed by atoms with E-state index in [1.54, 1.807) is 12.3 Å². The molecule has 2 heterocycles. The van der Waals surface area contributed by atoms with Crippen LogP contribution in [0.2, 0.25) is 0 Å². The van der Waals surface area contributed by atoms with Crippen molar-refractivity contribution in [1.29, 1.82) is 0 Å². The number of nitrogens with one attached hydrogen (secondary N) is 1. The number of likely N-dealkylation sites (N-methyl/N-ethyl adjacent to an activating group) is 1. The van der Waals surface area contributed by atoms with Gasteiger partial charge in [0.2, 0.25) is 5.91 Å². The lowest BCUT2D eigenvalue weighted by Crippen LogP contribution is -2.44. The summed E-state index contributed by atoms with van der Waals surface area (Å²) in [6.07, 6.45) is 1.59. The molecule has 4 rings (SSSR count). The first-order valence-corrected chi connectivity index (χ1v) is 8.78. The van der Waals surface area contributed by atoms with Crippen molar-refractivity contribution in [3.05, 3.63) is 53.8 Å². The van der Waals surface area contributed by atoms with Gasteiger partial charge in [0.1, 0.15) is 11.7 Å². The van der Waals surface area contributed by atoms with Crippen molar-refractivity contribution in [2.45, 2.75) is 5.92 Å². The number of hydrogen-bond donors (Lipinski definition) is 1. The summed E-state index contributed by atoms with van der Waals surface area (Å²) in [4.78, 5) is 21.2. The Kier molecular flexibility index (Phi) is 4.42. The van der Waals surface area contributed by atoms with Crippen LogP contribution in [0.1, 0.15) is 11.5 Å². The van der Waals surface area contributed by atoms with Crippen LogP contribution in [0.3, 0.4) is 0 Å². The van der Waals surface area contributed by atoms with Crippen molar-refractivity contribution >= 4 is 29.2 Å². The number of halogens is 1. The first-order valence-electron chi connectivity index (χ1n) is 8.78. The second kappa shape index (κ2) is 6.88. The van der Waals surface area contributed by atoms with Crippen molar-refractivity contribution < 1.29 is 9.18 Å². The van der Waals surface area contributed by atoms with Gasteiger partial charge in [-0.1, -0.05) is 0 Å². The molecule has 1 amide bonds. The van der Waals surface area contributed by atoms with Gasteiger partial charge in [-0.15, -0.1) is 0 Å². The Morgan fingerprint density at radius 1 is 1.12 bits per heavy atom. The molecule has 5 nitrogen and oxygen atoms in total. The largest absolute Gasteiger partial charge is 0.369 e. The van der Waals surface area contributed by atoms with E-state index in [-0.39, 0.29) is 11.7 Å². The van der Waals surface area contributed by atoms with Crippen LogP contribution in [-0.2, 0) is 4.79 Å². The molecule has 2 aromatic rings. The minimum absolute atomic E-state index is 0.177. The Hall–Kier alpha value is -2.73. The second-order valence-electron chi connectivity index (χ2n) is 6.78. The fourth-order valence-corrected chi connectivity index (χ4v) is 3.38. The van der Waals surface area contributed by atoms with Crippen LogP contribution >= 0.6 is 0 Å². The molecule has 26 heavy (non-hydrogen) atoms. The summed E-state index contributed by atoms with van der Waals surface area (Å²) in [6, 6.07) is 12.3. The smallest absolute Gasteiger partial charge is 0.237 e. The number of aliphatic imine (C=N–C) groups is 1. The number of hydrogen-bond acceptors (Lipinski definition) is 4. The highest BCUT2D eigenvalue weighted by molar-refractivity contribution is 6.12. The van der Waals surface area contributed by atoms with Gasteiger partial charge in [0.05, 0.1) is 5.69 Å². The molecule has 0 saturated carbocycles. The molecule has 1 atom stereocenters. The quantitative estimate of drug-likeness (QED) is 0.864. The first kappa shape index (κ1) is 16.7. The lowest BCUT2D eigenvalue weighted by atomic mass is 10.0. The Morgan fingerprint density at radius 3 is 2.58 bits per heavy atom. The molecular weight excluding hydrogens is 331 g/mol. The van der Waals surface area contributed by atoms with Crippen LogP contribution in [0.4, 0.5) is 21.5 Å². The molecule has 1 fully saturated rings. The zero-order chi connectivity index (χ0) is 18.1. The average Bonchev–Trinajstić information content (AvgIpc) is 2.96. The molecule has 0 spiro atoms. The zero-order valence-electron chi connectivity index (χ0n) is 14.7. The minimum Gasteiger partial charge on any atom is -0.369 e. The summed E-state index contributed by atoms with van der Waals surface area (Å²) in [7, 11) is 2.14. The number of piperazine rings is 1. The molecule has 1 unspecified atom stereocenters. The SMILES string of the molecule is CN1CCN(c2ccc(N=CC3C(=O)Nc4ccc(F)cc43)cc2)CC1. The third kappa shape index (κ3) is 3.32. The van der Waals surface area contributed by atoms with Crippen LogP contribution in [0, 0.1) is 5.82 Å². The van der Waals surface area contributed by atoms with E-state index in [1.807, 2.05) is 12.1 Å². The Labute approximate surface area is 152 Å². The fraction of sp³-hybridized carbons (Fsp3) is 0.300. The Morgan fingerprint density at radius 2 is 1.85 bits per heavy atom. The predicted molar refractivity (Wildman–Crippen MR) is 102 cm³/mol. The lowest BCUT2D eigenvalue weighted by Gasteiger charge is -2.34. The number of nitrogens with zero attached hydrogens (tertiary/aromatic N) is 3. The summed E-state index contributed by atoms with van der Waals surface area (Å²) in [6.45, 7) is 4.16. The molecule has 1 N–H and O–H groups in total. The predicted octanol–water partition coefficient (Wildman–Crippen LogP) is 3.02. The fourth-order valence-electron chi connectivity index (χ4n) is 3.38. The molecule has 0 aliphatic carbocycles. The molecule has 2 aliphatic rings. The first-order chi connectivity index (χ1) is 12.6. The maximum atomic E-state index is 13.5. The number of fused-ring (bicyclic) bond motifs is 1. The van der Waals surface area contributed by atoms with E-state index < -0.39 is 5.92 Å².